The lowest BCUT2D eigenvalue weighted by atomic mass is 10.1. The second-order valence-corrected chi connectivity index (χ2v) is 5.40. The molecule has 4 heteroatoms. The lowest BCUT2D eigenvalue weighted by molar-refractivity contribution is -0.130. The maximum Gasteiger partial charge on any atom is 0.338 e. The topological polar surface area (TPSA) is 52.6 Å². The standard InChI is InChI=1S/C19H18O4/c1-11(2)18(20)22-16-8-6-7-15-14(16)10-9-13(5)17(15)23-19(21)12(3)4/h6-10H,1,3H2,2,4-5H3. The van der Waals surface area contributed by atoms with Gasteiger partial charge in [-0.3, -0.25) is 0 Å². The number of hydrogen-bond donors (Lipinski definition) is 0. The molecule has 0 aromatic heterocycles. The van der Waals surface area contributed by atoms with Crippen molar-refractivity contribution < 1.29 is 19.1 Å². The van der Waals surface area contributed by atoms with Crippen molar-refractivity contribution in [3.05, 3.63) is 60.2 Å². The summed E-state index contributed by atoms with van der Waals surface area (Å²) in [6.07, 6.45) is 0. The van der Waals surface area contributed by atoms with Gasteiger partial charge >= 0.3 is 11.9 Å². The molecule has 0 aliphatic rings. The van der Waals surface area contributed by atoms with Crippen molar-refractivity contribution >= 4 is 22.7 Å². The van der Waals surface area contributed by atoms with Crippen LogP contribution in [0.4, 0.5) is 0 Å². The average molecular weight is 310 g/mol. The molecule has 0 bridgehead atoms. The summed E-state index contributed by atoms with van der Waals surface area (Å²) in [5, 5.41) is 1.36. The van der Waals surface area contributed by atoms with Gasteiger partial charge in [0.1, 0.15) is 11.5 Å². The van der Waals surface area contributed by atoms with Crippen molar-refractivity contribution in [1.29, 1.82) is 0 Å². The van der Waals surface area contributed by atoms with Gasteiger partial charge in [0.2, 0.25) is 0 Å². The Morgan fingerprint density at radius 2 is 1.48 bits per heavy atom. The molecule has 0 aliphatic heterocycles. The Balaban J connectivity index is 2.55. The Morgan fingerprint density at radius 1 is 0.870 bits per heavy atom. The van der Waals surface area contributed by atoms with Crippen LogP contribution in [-0.2, 0) is 9.59 Å². The number of hydrogen-bond acceptors (Lipinski definition) is 4. The quantitative estimate of drug-likeness (QED) is 0.484. The fraction of sp³-hybridized carbons (Fsp3) is 0.158. The van der Waals surface area contributed by atoms with Gasteiger partial charge < -0.3 is 9.47 Å². The van der Waals surface area contributed by atoms with Gasteiger partial charge in [-0.05, 0) is 32.4 Å². The van der Waals surface area contributed by atoms with Crippen molar-refractivity contribution in [3.8, 4) is 11.5 Å². The Kier molecular flexibility index (Phi) is 4.65. The Bertz CT molecular complexity index is 831. The highest BCUT2D eigenvalue weighted by Gasteiger charge is 2.15. The maximum absolute atomic E-state index is 11.8. The largest absolute Gasteiger partial charge is 0.423 e. The van der Waals surface area contributed by atoms with E-state index in [0.717, 1.165) is 5.56 Å². The van der Waals surface area contributed by atoms with E-state index in [1.54, 1.807) is 26.0 Å². The summed E-state index contributed by atoms with van der Waals surface area (Å²) in [5.74, 6) is -0.171. The predicted molar refractivity (Wildman–Crippen MR) is 89.6 cm³/mol. The number of carbonyl (C=O) groups is 2. The number of esters is 2. The van der Waals surface area contributed by atoms with Crippen LogP contribution >= 0.6 is 0 Å². The highest BCUT2D eigenvalue weighted by Crippen LogP contribution is 2.35. The molecule has 0 N–H and O–H groups in total. The van der Waals surface area contributed by atoms with Crippen LogP contribution in [0.15, 0.2) is 54.6 Å². The fourth-order valence-electron chi connectivity index (χ4n) is 2.00. The number of ether oxygens (including phenoxy) is 2. The van der Waals surface area contributed by atoms with Crippen molar-refractivity contribution in [1.82, 2.24) is 0 Å². The first kappa shape index (κ1) is 16.5. The molecule has 0 spiro atoms. The van der Waals surface area contributed by atoms with Gasteiger partial charge in [0.15, 0.2) is 0 Å². The van der Waals surface area contributed by atoms with Crippen LogP contribution in [0.25, 0.3) is 10.8 Å². The minimum absolute atomic E-state index is 0.308. The number of rotatable bonds is 4. The summed E-state index contributed by atoms with van der Waals surface area (Å²) in [7, 11) is 0. The van der Waals surface area contributed by atoms with Gasteiger partial charge in [-0.15, -0.1) is 0 Å². The summed E-state index contributed by atoms with van der Waals surface area (Å²) in [6.45, 7) is 12.2. The molecule has 118 valence electrons. The molecule has 0 unspecified atom stereocenters. The maximum atomic E-state index is 11.8. The van der Waals surface area contributed by atoms with E-state index in [2.05, 4.69) is 13.2 Å². The molecule has 2 rings (SSSR count). The molecule has 2 aromatic rings. The molecule has 0 saturated heterocycles. The van der Waals surface area contributed by atoms with E-state index < -0.39 is 11.9 Å². The summed E-state index contributed by atoms with van der Waals surface area (Å²) in [4.78, 5) is 23.6. The molecular weight excluding hydrogens is 292 g/mol. The molecule has 0 heterocycles. The van der Waals surface area contributed by atoms with E-state index >= 15 is 0 Å². The van der Waals surface area contributed by atoms with E-state index in [1.807, 2.05) is 25.1 Å². The zero-order valence-electron chi connectivity index (χ0n) is 13.4. The summed E-state index contributed by atoms with van der Waals surface area (Å²) >= 11 is 0. The van der Waals surface area contributed by atoms with Crippen LogP contribution < -0.4 is 9.47 Å². The second-order valence-electron chi connectivity index (χ2n) is 5.40. The van der Waals surface area contributed by atoms with Gasteiger partial charge in [0.05, 0.1) is 0 Å². The first-order chi connectivity index (χ1) is 10.8. The molecule has 2 aromatic carbocycles. The third kappa shape index (κ3) is 3.48. The monoisotopic (exact) mass is 310 g/mol. The highest BCUT2D eigenvalue weighted by molar-refractivity contribution is 5.99. The van der Waals surface area contributed by atoms with Crippen LogP contribution in [-0.4, -0.2) is 11.9 Å². The third-order valence-electron chi connectivity index (χ3n) is 3.26. The van der Waals surface area contributed by atoms with Crippen molar-refractivity contribution in [2.45, 2.75) is 20.8 Å². The first-order valence-corrected chi connectivity index (χ1v) is 7.09. The molecule has 0 atom stereocenters. The van der Waals surface area contributed by atoms with E-state index in [-0.39, 0.29) is 0 Å². The van der Waals surface area contributed by atoms with Crippen LogP contribution in [0.2, 0.25) is 0 Å². The third-order valence-corrected chi connectivity index (χ3v) is 3.26. The van der Waals surface area contributed by atoms with Crippen molar-refractivity contribution in [3.63, 3.8) is 0 Å². The smallest absolute Gasteiger partial charge is 0.338 e. The second kappa shape index (κ2) is 6.48. The number of fused-ring (bicyclic) bond motifs is 1. The van der Waals surface area contributed by atoms with Gasteiger partial charge in [-0.2, -0.15) is 0 Å². The summed E-state index contributed by atoms with van der Waals surface area (Å²) in [6, 6.07) is 8.86. The van der Waals surface area contributed by atoms with E-state index in [4.69, 9.17) is 9.47 Å². The van der Waals surface area contributed by atoms with Crippen molar-refractivity contribution in [2.75, 3.05) is 0 Å². The summed E-state index contributed by atoms with van der Waals surface area (Å²) < 4.78 is 10.8. The molecule has 0 radical (unpaired) electrons. The van der Waals surface area contributed by atoms with Crippen LogP contribution in [0.5, 0.6) is 11.5 Å². The minimum atomic E-state index is -0.501. The first-order valence-electron chi connectivity index (χ1n) is 7.09. The number of aryl methyl sites for hydroxylation is 1. The Hall–Kier alpha value is -2.88. The lowest BCUT2D eigenvalue weighted by Gasteiger charge is -2.13. The minimum Gasteiger partial charge on any atom is -0.423 e. The van der Waals surface area contributed by atoms with Gasteiger partial charge in [0.25, 0.3) is 0 Å². The Labute approximate surface area is 135 Å². The van der Waals surface area contributed by atoms with E-state index in [1.165, 1.54) is 0 Å². The zero-order chi connectivity index (χ0) is 17.1. The predicted octanol–water partition coefficient (Wildman–Crippen LogP) is 4.11. The number of carbonyl (C=O) groups excluding carboxylic acids is 2. The lowest BCUT2D eigenvalue weighted by Crippen LogP contribution is -2.10. The fourth-order valence-corrected chi connectivity index (χ4v) is 2.00. The average Bonchev–Trinajstić information content (AvgIpc) is 2.49. The molecule has 4 nitrogen and oxygen atoms in total. The number of benzene rings is 2. The summed E-state index contributed by atoms with van der Waals surface area (Å²) in [5.41, 5.74) is 1.42. The van der Waals surface area contributed by atoms with Gasteiger partial charge in [-0.25, -0.2) is 9.59 Å². The highest BCUT2D eigenvalue weighted by atomic mass is 16.5. The van der Waals surface area contributed by atoms with Gasteiger partial charge in [-0.1, -0.05) is 37.4 Å². The molecule has 0 amide bonds. The van der Waals surface area contributed by atoms with E-state index in [9.17, 15) is 9.59 Å². The van der Waals surface area contributed by atoms with Crippen LogP contribution in [0.3, 0.4) is 0 Å². The SMILES string of the molecule is C=C(C)C(=O)Oc1cccc2c(OC(=O)C(=C)C)c(C)ccc12. The molecule has 23 heavy (non-hydrogen) atoms. The Morgan fingerprint density at radius 3 is 2.09 bits per heavy atom. The molecular formula is C19H18O4. The van der Waals surface area contributed by atoms with Crippen LogP contribution in [0.1, 0.15) is 19.4 Å². The van der Waals surface area contributed by atoms with Crippen molar-refractivity contribution in [2.24, 2.45) is 0 Å². The normalized spacial score (nSPS) is 10.2. The molecule has 0 saturated carbocycles. The van der Waals surface area contributed by atoms with Gasteiger partial charge in [0, 0.05) is 21.9 Å². The van der Waals surface area contributed by atoms with Crippen LogP contribution in [0, 0.1) is 6.92 Å². The van der Waals surface area contributed by atoms with E-state index in [0.29, 0.717) is 33.4 Å². The molecule has 0 fully saturated rings. The zero-order valence-corrected chi connectivity index (χ0v) is 13.4. The molecule has 0 aliphatic carbocycles.